The highest BCUT2D eigenvalue weighted by Crippen LogP contribution is 2.14. The van der Waals surface area contributed by atoms with Crippen molar-refractivity contribution in [3.05, 3.63) is 42.3 Å². The Morgan fingerprint density at radius 3 is 1.75 bits per heavy atom. The van der Waals surface area contributed by atoms with Gasteiger partial charge in [-0.3, -0.25) is 4.48 Å². The van der Waals surface area contributed by atoms with Crippen LogP contribution in [0.5, 0.6) is 0 Å². The van der Waals surface area contributed by atoms with Crippen LogP contribution in [0.4, 0.5) is 5.69 Å². The summed E-state index contributed by atoms with van der Waals surface area (Å²) in [4.78, 5) is 0. The molecule has 1 aromatic carbocycles. The van der Waals surface area contributed by atoms with E-state index in [9.17, 15) is 13.0 Å². The van der Waals surface area contributed by atoms with Gasteiger partial charge in [0.15, 0.2) is 0 Å². The first-order chi connectivity index (χ1) is 7.17. The zero-order chi connectivity index (χ0) is 12.8. The van der Waals surface area contributed by atoms with Gasteiger partial charge < -0.3 is 4.55 Å². The Balaban J connectivity index is 0.000000325. The molecule has 0 bridgehead atoms. The molecule has 0 radical (unpaired) electrons. The molecule has 0 saturated carbocycles. The third-order valence-electron chi connectivity index (χ3n) is 1.73. The standard InChI is InChI=1S/C9H14N.C2H4O3S/c1-10(2,3)9-7-5-4-6-8-9;1-2-6(3,4)5/h4-8H,1-3H3;2H,1H2,(H,3,4,5)/q+1;/p-1. The summed E-state index contributed by atoms with van der Waals surface area (Å²) in [6.07, 6.45) is 0. The van der Waals surface area contributed by atoms with Crippen LogP contribution in [0.25, 0.3) is 0 Å². The van der Waals surface area contributed by atoms with Gasteiger partial charge in [-0.15, -0.1) is 0 Å². The van der Waals surface area contributed by atoms with Crippen LogP contribution in [-0.4, -0.2) is 34.1 Å². The molecule has 0 atom stereocenters. The van der Waals surface area contributed by atoms with Gasteiger partial charge in [0.2, 0.25) is 0 Å². The Morgan fingerprint density at radius 2 is 1.56 bits per heavy atom. The molecule has 0 spiro atoms. The maximum Gasteiger partial charge on any atom is 0.132 e. The van der Waals surface area contributed by atoms with Gasteiger partial charge in [0.1, 0.15) is 15.8 Å². The van der Waals surface area contributed by atoms with Gasteiger partial charge in [0.25, 0.3) is 0 Å². The molecule has 0 amide bonds. The van der Waals surface area contributed by atoms with Gasteiger partial charge in [-0.2, -0.15) is 0 Å². The SMILES string of the molecule is C=CS(=O)(=O)[O-].C[N+](C)(C)c1ccccc1. The van der Waals surface area contributed by atoms with Crippen LogP contribution in [0.1, 0.15) is 0 Å². The summed E-state index contributed by atoms with van der Waals surface area (Å²) in [5, 5.41) is 0.354. The number of para-hydroxylation sites is 1. The first kappa shape index (κ1) is 14.8. The number of hydrogen-bond donors (Lipinski definition) is 0. The second-order valence-electron chi connectivity index (χ2n) is 4.01. The Bertz CT molecular complexity index is 407. The summed E-state index contributed by atoms with van der Waals surface area (Å²) in [6, 6.07) is 10.5. The van der Waals surface area contributed by atoms with Crippen LogP contribution >= 0.6 is 0 Å². The summed E-state index contributed by atoms with van der Waals surface area (Å²) in [5.41, 5.74) is 1.34. The molecule has 0 heterocycles. The van der Waals surface area contributed by atoms with Crippen LogP contribution in [0.2, 0.25) is 0 Å². The lowest BCUT2D eigenvalue weighted by Gasteiger charge is -2.22. The molecule has 1 rings (SSSR count). The predicted octanol–water partition coefficient (Wildman–Crippen LogP) is 1.56. The minimum absolute atomic E-state index is 0.354. The lowest BCUT2D eigenvalue weighted by molar-refractivity contribution is 0.474. The topological polar surface area (TPSA) is 57.2 Å². The molecule has 0 unspecified atom stereocenters. The lowest BCUT2D eigenvalue weighted by atomic mass is 10.3. The normalized spacial score (nSPS) is 11.2. The van der Waals surface area contributed by atoms with Crippen molar-refractivity contribution < 1.29 is 13.0 Å². The number of hydrogen-bond acceptors (Lipinski definition) is 3. The average molecular weight is 243 g/mol. The fourth-order valence-corrected chi connectivity index (χ4v) is 0.875. The zero-order valence-corrected chi connectivity index (χ0v) is 10.6. The minimum atomic E-state index is -4.15. The molecular formula is C11H17NO3S. The molecule has 0 aliphatic carbocycles. The van der Waals surface area contributed by atoms with Crippen molar-refractivity contribution in [2.24, 2.45) is 0 Å². The number of rotatable bonds is 2. The van der Waals surface area contributed by atoms with E-state index in [4.69, 9.17) is 0 Å². The first-order valence-electron chi connectivity index (χ1n) is 4.62. The highest BCUT2D eigenvalue weighted by molar-refractivity contribution is 7.88. The predicted molar refractivity (Wildman–Crippen MR) is 65.9 cm³/mol. The van der Waals surface area contributed by atoms with E-state index >= 15 is 0 Å². The van der Waals surface area contributed by atoms with E-state index in [2.05, 4.69) is 52.0 Å². The summed E-state index contributed by atoms with van der Waals surface area (Å²) in [5.74, 6) is 0. The molecule has 1 aromatic rings. The average Bonchev–Trinajstić information content (AvgIpc) is 2.18. The molecule has 0 saturated heterocycles. The maximum atomic E-state index is 9.33. The fraction of sp³-hybridized carbons (Fsp3) is 0.273. The van der Waals surface area contributed by atoms with Crippen molar-refractivity contribution in [3.8, 4) is 0 Å². The quantitative estimate of drug-likeness (QED) is 0.585. The Morgan fingerprint density at radius 1 is 1.19 bits per heavy atom. The van der Waals surface area contributed by atoms with E-state index in [0.717, 1.165) is 4.48 Å². The Kier molecular flexibility index (Phi) is 5.37. The lowest BCUT2D eigenvalue weighted by Crippen LogP contribution is -2.34. The third-order valence-corrected chi connectivity index (χ3v) is 2.14. The molecule has 0 N–H and O–H groups in total. The first-order valence-corrected chi connectivity index (χ1v) is 6.09. The van der Waals surface area contributed by atoms with E-state index in [1.807, 2.05) is 6.07 Å². The van der Waals surface area contributed by atoms with Crippen LogP contribution in [0.15, 0.2) is 42.3 Å². The molecule has 90 valence electrons. The molecular weight excluding hydrogens is 226 g/mol. The van der Waals surface area contributed by atoms with Gasteiger partial charge in [-0.25, -0.2) is 8.42 Å². The van der Waals surface area contributed by atoms with Crippen LogP contribution in [-0.2, 0) is 10.1 Å². The molecule has 4 nitrogen and oxygen atoms in total. The molecule has 0 aromatic heterocycles. The van der Waals surface area contributed by atoms with Gasteiger partial charge >= 0.3 is 0 Å². The maximum absolute atomic E-state index is 9.33. The van der Waals surface area contributed by atoms with Gasteiger partial charge in [-0.1, -0.05) is 24.8 Å². The van der Waals surface area contributed by atoms with Gasteiger partial charge in [-0.05, 0) is 12.1 Å². The summed E-state index contributed by atoms with van der Waals surface area (Å²) in [7, 11) is 2.34. The van der Waals surface area contributed by atoms with Crippen molar-refractivity contribution in [3.63, 3.8) is 0 Å². The zero-order valence-electron chi connectivity index (χ0n) is 9.75. The fourth-order valence-electron chi connectivity index (χ4n) is 0.875. The van der Waals surface area contributed by atoms with Crippen LogP contribution in [0, 0.1) is 0 Å². The minimum Gasteiger partial charge on any atom is -0.745 e. The largest absolute Gasteiger partial charge is 0.745 e. The van der Waals surface area contributed by atoms with E-state index in [-0.39, 0.29) is 0 Å². The number of quaternary nitrogens is 1. The van der Waals surface area contributed by atoms with Gasteiger partial charge in [0.05, 0.1) is 21.1 Å². The molecule has 0 fully saturated rings. The molecule has 16 heavy (non-hydrogen) atoms. The van der Waals surface area contributed by atoms with E-state index < -0.39 is 10.1 Å². The Labute approximate surface area is 97.2 Å². The van der Waals surface area contributed by atoms with E-state index in [1.165, 1.54) is 5.69 Å². The van der Waals surface area contributed by atoms with E-state index in [1.54, 1.807) is 0 Å². The van der Waals surface area contributed by atoms with Crippen LogP contribution < -0.4 is 4.48 Å². The highest BCUT2D eigenvalue weighted by atomic mass is 32.2. The van der Waals surface area contributed by atoms with Crippen molar-refractivity contribution >= 4 is 15.8 Å². The molecule has 0 aliphatic heterocycles. The summed E-state index contributed by atoms with van der Waals surface area (Å²) < 4.78 is 28.9. The smallest absolute Gasteiger partial charge is 0.132 e. The second-order valence-corrected chi connectivity index (χ2v) is 5.33. The van der Waals surface area contributed by atoms with Gasteiger partial charge in [0, 0.05) is 5.41 Å². The van der Waals surface area contributed by atoms with Crippen molar-refractivity contribution in [2.75, 3.05) is 21.1 Å². The monoisotopic (exact) mass is 243 g/mol. The number of benzene rings is 1. The highest BCUT2D eigenvalue weighted by Gasteiger charge is 2.08. The third kappa shape index (κ3) is 7.17. The van der Waals surface area contributed by atoms with Crippen molar-refractivity contribution in [2.45, 2.75) is 0 Å². The second kappa shape index (κ2) is 5.79. The van der Waals surface area contributed by atoms with Crippen molar-refractivity contribution in [1.82, 2.24) is 4.48 Å². The summed E-state index contributed by atoms with van der Waals surface area (Å²) in [6.45, 7) is 2.73. The Hall–Kier alpha value is -1.17. The van der Waals surface area contributed by atoms with Crippen molar-refractivity contribution in [1.29, 1.82) is 0 Å². The van der Waals surface area contributed by atoms with Crippen LogP contribution in [0.3, 0.4) is 0 Å². The van der Waals surface area contributed by atoms with E-state index in [0.29, 0.717) is 5.41 Å². The number of nitrogens with zero attached hydrogens (tertiary/aromatic N) is 1. The molecule has 5 heteroatoms. The molecule has 0 aliphatic rings. The summed E-state index contributed by atoms with van der Waals surface area (Å²) >= 11 is 0.